The Balaban J connectivity index is 1.36. The van der Waals surface area contributed by atoms with Crippen LogP contribution in [0.3, 0.4) is 0 Å². The van der Waals surface area contributed by atoms with Crippen molar-refractivity contribution in [2.75, 3.05) is 13.2 Å². The third kappa shape index (κ3) is 7.42. The van der Waals surface area contributed by atoms with Gasteiger partial charge in [-0.3, -0.25) is 4.79 Å². The molecule has 3 fully saturated rings. The Kier molecular flexibility index (Phi) is 11.0. The molecule has 0 saturated carbocycles. The van der Waals surface area contributed by atoms with E-state index in [1.807, 2.05) is 18.2 Å². The Hall–Kier alpha value is -2.59. The first-order valence-corrected chi connectivity index (χ1v) is 18.4. The van der Waals surface area contributed by atoms with Crippen molar-refractivity contribution in [1.29, 1.82) is 0 Å². The van der Waals surface area contributed by atoms with Crippen LogP contribution in [0.25, 0.3) is 0 Å². The molecule has 4 aliphatic heterocycles. The fraction of sp³-hybridized carbons (Fsp3) is 0.634. The molecule has 0 radical (unpaired) electrons. The minimum Gasteiger partial charge on any atom is -0.462 e. The minimum absolute atomic E-state index is 0.00330. The van der Waals surface area contributed by atoms with E-state index in [-0.39, 0.29) is 36.8 Å². The van der Waals surface area contributed by atoms with Gasteiger partial charge >= 0.3 is 5.97 Å². The molecule has 0 amide bonds. The molecule has 0 aromatic heterocycles. The van der Waals surface area contributed by atoms with Gasteiger partial charge < -0.3 is 33.9 Å². The highest BCUT2D eigenvalue weighted by molar-refractivity contribution is 5.78. The topological polar surface area (TPSA) is 104 Å². The zero-order valence-corrected chi connectivity index (χ0v) is 30.0. The second kappa shape index (κ2) is 14.9. The van der Waals surface area contributed by atoms with Gasteiger partial charge in [-0.2, -0.15) is 0 Å². The number of aliphatic hydroxyl groups is 2. The Morgan fingerprint density at radius 2 is 1.86 bits per heavy atom. The molecule has 8 heteroatoms. The summed E-state index contributed by atoms with van der Waals surface area (Å²) in [7, 11) is 0. The van der Waals surface area contributed by atoms with Crippen molar-refractivity contribution in [3.05, 3.63) is 83.0 Å². The number of rotatable bonds is 5. The second-order valence-electron chi connectivity index (χ2n) is 15.3. The molecule has 1 aromatic rings. The zero-order chi connectivity index (χ0) is 34.9. The maximum Gasteiger partial charge on any atom is 0.316 e. The Bertz CT molecular complexity index is 1450. The lowest BCUT2D eigenvalue weighted by Crippen LogP contribution is -2.58. The van der Waals surface area contributed by atoms with Gasteiger partial charge in [0.1, 0.15) is 29.8 Å². The van der Waals surface area contributed by atoms with Crippen LogP contribution in [0.2, 0.25) is 0 Å². The number of carbonyl (C=O) groups excluding carboxylic acids is 1. The van der Waals surface area contributed by atoms with E-state index in [9.17, 15) is 15.0 Å². The average molecular weight is 677 g/mol. The SMILES string of the molecule is CC[C@H]1O[C@]2(CC[C@@H]1C)C[C@@H]1C[C@@H](C/C=C(\C)[C@H](OCC(C)c3ccccc3)[C@@H](C)/C=C/C=C3\CO[C@@H]4[C@H](O)C(C)=C[C@@H](C(=O)O1)[C@]34O)O2. The summed E-state index contributed by atoms with van der Waals surface area (Å²) in [4.78, 5) is 14.1. The number of ether oxygens (including phenoxy) is 5. The molecule has 3 saturated heterocycles. The molecule has 1 aliphatic carbocycles. The maximum atomic E-state index is 14.1. The van der Waals surface area contributed by atoms with Crippen molar-refractivity contribution < 1.29 is 38.7 Å². The third-order valence-corrected chi connectivity index (χ3v) is 11.6. The molecular weight excluding hydrogens is 620 g/mol. The summed E-state index contributed by atoms with van der Waals surface area (Å²) >= 11 is 0. The van der Waals surface area contributed by atoms with E-state index >= 15 is 0 Å². The van der Waals surface area contributed by atoms with E-state index in [1.54, 1.807) is 13.0 Å². The van der Waals surface area contributed by atoms with Crippen LogP contribution in [0.4, 0.5) is 0 Å². The summed E-state index contributed by atoms with van der Waals surface area (Å²) in [5, 5.41) is 23.4. The van der Waals surface area contributed by atoms with Gasteiger partial charge in [0.05, 0.1) is 31.5 Å². The standard InChI is InChI=1S/C41H56O8/c1-7-35-25(2)18-19-40(49-35)22-33-21-32(48-40)17-16-27(4)37(45-23-29(6)30-13-9-8-10-14-30)26(3)12-11-15-31-24-46-38-36(42)28(5)20-34(39(43)47-33)41(31,38)44/h8-16,20,25-26,29,32-38,42,44H,7,17-19,21-24H2,1-6H3/b12-11+,27-16+,31-15+/t25-,26-,29?,32+,33-,34-,35+,36+,37+,38+,40+,41+/m0/s1. The molecule has 8 nitrogen and oxygen atoms in total. The van der Waals surface area contributed by atoms with Gasteiger partial charge in [-0.15, -0.1) is 0 Å². The molecule has 2 N–H and O–H groups in total. The molecule has 1 aromatic carbocycles. The number of allylic oxidation sites excluding steroid dienone is 2. The van der Waals surface area contributed by atoms with Crippen LogP contribution < -0.4 is 0 Å². The minimum atomic E-state index is -1.75. The first-order valence-electron chi connectivity index (χ1n) is 18.4. The lowest BCUT2D eigenvalue weighted by atomic mass is 9.71. The number of esters is 1. The van der Waals surface area contributed by atoms with Crippen LogP contribution in [0.15, 0.2) is 77.4 Å². The van der Waals surface area contributed by atoms with Gasteiger partial charge in [0, 0.05) is 31.1 Å². The fourth-order valence-corrected chi connectivity index (χ4v) is 8.58. The van der Waals surface area contributed by atoms with Gasteiger partial charge in [-0.05, 0) is 61.3 Å². The van der Waals surface area contributed by atoms with Crippen LogP contribution >= 0.6 is 0 Å². The summed E-state index contributed by atoms with van der Waals surface area (Å²) < 4.78 is 32.6. The van der Waals surface area contributed by atoms with Gasteiger partial charge in [0.2, 0.25) is 0 Å². The molecule has 268 valence electrons. The predicted molar refractivity (Wildman–Crippen MR) is 188 cm³/mol. The molecule has 5 aliphatic rings. The first kappa shape index (κ1) is 36.2. The number of aliphatic hydroxyl groups excluding tert-OH is 1. The molecular formula is C41H56O8. The molecule has 49 heavy (non-hydrogen) atoms. The highest BCUT2D eigenvalue weighted by atomic mass is 16.7. The van der Waals surface area contributed by atoms with Crippen LogP contribution in [0.5, 0.6) is 0 Å². The zero-order valence-electron chi connectivity index (χ0n) is 30.0. The van der Waals surface area contributed by atoms with Crippen molar-refractivity contribution >= 4 is 5.97 Å². The van der Waals surface area contributed by atoms with Crippen molar-refractivity contribution in [3.63, 3.8) is 0 Å². The van der Waals surface area contributed by atoms with Gasteiger partial charge in [-0.1, -0.05) is 88.4 Å². The number of benzene rings is 1. The normalized spacial score (nSPS) is 43.3. The monoisotopic (exact) mass is 676 g/mol. The highest BCUT2D eigenvalue weighted by Gasteiger charge is 2.60. The van der Waals surface area contributed by atoms with E-state index in [1.165, 1.54) is 5.56 Å². The summed E-state index contributed by atoms with van der Waals surface area (Å²) in [6.07, 6.45) is 11.0. The van der Waals surface area contributed by atoms with E-state index in [0.717, 1.165) is 24.8 Å². The molecule has 1 spiro atoms. The van der Waals surface area contributed by atoms with Crippen LogP contribution in [0.1, 0.15) is 91.5 Å². The number of carbonyl (C=O) groups is 1. The fourth-order valence-electron chi connectivity index (χ4n) is 8.58. The quantitative estimate of drug-likeness (QED) is 0.262. The molecule has 4 heterocycles. The highest BCUT2D eigenvalue weighted by Crippen LogP contribution is 2.47. The Morgan fingerprint density at radius 3 is 2.61 bits per heavy atom. The summed E-state index contributed by atoms with van der Waals surface area (Å²) in [6.45, 7) is 13.2. The van der Waals surface area contributed by atoms with E-state index < -0.39 is 41.6 Å². The molecule has 6 rings (SSSR count). The molecule has 1 unspecified atom stereocenters. The number of fused-ring (bicyclic) bond motifs is 2. The summed E-state index contributed by atoms with van der Waals surface area (Å²) in [6, 6.07) is 10.4. The Morgan fingerprint density at radius 1 is 1.08 bits per heavy atom. The van der Waals surface area contributed by atoms with E-state index in [4.69, 9.17) is 23.7 Å². The van der Waals surface area contributed by atoms with Crippen molar-refractivity contribution in [1.82, 2.24) is 0 Å². The van der Waals surface area contributed by atoms with Crippen molar-refractivity contribution in [2.24, 2.45) is 17.8 Å². The molecule has 12 atom stereocenters. The Labute approximate surface area is 292 Å². The average Bonchev–Trinajstić information content (AvgIpc) is 3.43. The number of hydrogen-bond acceptors (Lipinski definition) is 8. The lowest BCUT2D eigenvalue weighted by molar-refractivity contribution is -0.335. The van der Waals surface area contributed by atoms with E-state index in [2.05, 4.69) is 71.0 Å². The van der Waals surface area contributed by atoms with Gasteiger partial charge in [0.15, 0.2) is 5.79 Å². The second-order valence-corrected chi connectivity index (χ2v) is 15.3. The van der Waals surface area contributed by atoms with Crippen molar-refractivity contribution in [2.45, 2.75) is 134 Å². The molecule has 2 bridgehead atoms. The van der Waals surface area contributed by atoms with Crippen LogP contribution in [-0.2, 0) is 28.5 Å². The third-order valence-electron chi connectivity index (χ3n) is 11.6. The first-order chi connectivity index (χ1) is 23.4. The van der Waals surface area contributed by atoms with Crippen molar-refractivity contribution in [3.8, 4) is 0 Å². The largest absolute Gasteiger partial charge is 0.462 e. The lowest BCUT2D eigenvalue weighted by Gasteiger charge is -2.50. The number of hydrogen-bond donors (Lipinski definition) is 2. The van der Waals surface area contributed by atoms with Crippen LogP contribution in [-0.4, -0.2) is 77.4 Å². The van der Waals surface area contributed by atoms with E-state index in [0.29, 0.717) is 42.9 Å². The maximum absolute atomic E-state index is 14.1. The van der Waals surface area contributed by atoms with Gasteiger partial charge in [-0.25, -0.2) is 0 Å². The summed E-state index contributed by atoms with van der Waals surface area (Å²) in [5.74, 6) is -1.77. The smallest absolute Gasteiger partial charge is 0.316 e. The summed E-state index contributed by atoms with van der Waals surface area (Å²) in [5.41, 5.74) is 1.72. The predicted octanol–water partition coefficient (Wildman–Crippen LogP) is 6.72. The van der Waals surface area contributed by atoms with Crippen LogP contribution in [0, 0.1) is 17.8 Å². The van der Waals surface area contributed by atoms with Gasteiger partial charge in [0.25, 0.3) is 0 Å².